The summed E-state index contributed by atoms with van der Waals surface area (Å²) in [5.41, 5.74) is 0.0266. The summed E-state index contributed by atoms with van der Waals surface area (Å²) >= 11 is 0. The number of hydrogen-bond acceptors (Lipinski definition) is 4. The Morgan fingerprint density at radius 1 is 1.10 bits per heavy atom. The van der Waals surface area contributed by atoms with Crippen LogP contribution in [0.4, 0.5) is 13.2 Å². The van der Waals surface area contributed by atoms with Crippen molar-refractivity contribution < 1.29 is 17.7 Å². The van der Waals surface area contributed by atoms with Gasteiger partial charge < -0.3 is 9.84 Å². The molecule has 1 aliphatic heterocycles. The SMILES string of the molecule is Fc1cc(-c2nc(C3CCCCCN3)no2)cc(F)c1F. The van der Waals surface area contributed by atoms with Crippen molar-refractivity contribution in [1.29, 1.82) is 0 Å². The molecule has 0 amide bonds. The van der Waals surface area contributed by atoms with Crippen molar-refractivity contribution in [3.8, 4) is 11.5 Å². The molecule has 1 aliphatic rings. The number of aromatic nitrogens is 2. The van der Waals surface area contributed by atoms with E-state index in [1.165, 1.54) is 0 Å². The lowest BCUT2D eigenvalue weighted by atomic mass is 10.1. The minimum absolute atomic E-state index is 0.0196. The van der Waals surface area contributed by atoms with Crippen LogP contribution in [0.3, 0.4) is 0 Å². The van der Waals surface area contributed by atoms with Gasteiger partial charge in [0.05, 0.1) is 6.04 Å². The number of nitrogens with zero attached hydrogens (tertiary/aromatic N) is 2. The first-order valence-corrected chi connectivity index (χ1v) is 6.87. The van der Waals surface area contributed by atoms with E-state index < -0.39 is 17.5 Å². The average molecular weight is 297 g/mol. The number of rotatable bonds is 2. The fourth-order valence-corrected chi connectivity index (χ4v) is 2.42. The molecule has 7 heteroatoms. The van der Waals surface area contributed by atoms with Gasteiger partial charge in [0.15, 0.2) is 23.3 Å². The molecule has 0 spiro atoms. The van der Waals surface area contributed by atoms with Crippen LogP contribution in [0.25, 0.3) is 11.5 Å². The van der Waals surface area contributed by atoms with E-state index in [9.17, 15) is 13.2 Å². The normalized spacial score (nSPS) is 19.5. The van der Waals surface area contributed by atoms with Gasteiger partial charge in [0.25, 0.3) is 5.89 Å². The van der Waals surface area contributed by atoms with Crippen molar-refractivity contribution >= 4 is 0 Å². The molecule has 0 bridgehead atoms. The quantitative estimate of drug-likeness (QED) is 0.864. The molecular weight excluding hydrogens is 283 g/mol. The molecule has 0 radical (unpaired) electrons. The van der Waals surface area contributed by atoms with Crippen molar-refractivity contribution in [1.82, 2.24) is 15.5 Å². The van der Waals surface area contributed by atoms with Crippen molar-refractivity contribution in [2.24, 2.45) is 0 Å². The predicted octanol–water partition coefficient (Wildman–Crippen LogP) is 3.36. The average Bonchev–Trinajstić information content (AvgIpc) is 2.80. The highest BCUT2D eigenvalue weighted by Crippen LogP contribution is 2.25. The standard InChI is InChI=1S/C14H14F3N3O/c15-9-6-8(7-10(16)12(9)17)14-19-13(20-21-14)11-4-2-1-3-5-18-11/h6-7,11,18H,1-5H2. The highest BCUT2D eigenvalue weighted by molar-refractivity contribution is 5.53. The van der Waals surface area contributed by atoms with Gasteiger partial charge in [-0.05, 0) is 31.5 Å². The Kier molecular flexibility index (Phi) is 3.92. The van der Waals surface area contributed by atoms with Crippen LogP contribution in [0.5, 0.6) is 0 Å². The van der Waals surface area contributed by atoms with E-state index in [-0.39, 0.29) is 17.5 Å². The molecule has 1 fully saturated rings. The Balaban J connectivity index is 1.87. The summed E-state index contributed by atoms with van der Waals surface area (Å²) in [4.78, 5) is 4.16. The number of nitrogens with one attached hydrogen (secondary N) is 1. The molecule has 2 heterocycles. The Morgan fingerprint density at radius 3 is 2.62 bits per heavy atom. The second-order valence-corrected chi connectivity index (χ2v) is 5.07. The van der Waals surface area contributed by atoms with Crippen LogP contribution < -0.4 is 5.32 Å². The summed E-state index contributed by atoms with van der Waals surface area (Å²) in [5, 5.41) is 7.15. The van der Waals surface area contributed by atoms with E-state index in [0.717, 1.165) is 44.4 Å². The van der Waals surface area contributed by atoms with Gasteiger partial charge >= 0.3 is 0 Å². The van der Waals surface area contributed by atoms with Gasteiger partial charge in [-0.2, -0.15) is 4.98 Å². The minimum atomic E-state index is -1.51. The highest BCUT2D eigenvalue weighted by atomic mass is 19.2. The topological polar surface area (TPSA) is 51.0 Å². The zero-order valence-corrected chi connectivity index (χ0v) is 11.2. The largest absolute Gasteiger partial charge is 0.334 e. The number of halogens is 3. The molecule has 1 atom stereocenters. The Labute approximate surface area is 119 Å². The first kappa shape index (κ1) is 14.1. The zero-order valence-electron chi connectivity index (χ0n) is 11.2. The summed E-state index contributed by atoms with van der Waals surface area (Å²) in [6, 6.07) is 1.66. The fraction of sp³-hybridized carbons (Fsp3) is 0.429. The maximum atomic E-state index is 13.2. The Hall–Kier alpha value is -1.89. The van der Waals surface area contributed by atoms with E-state index in [4.69, 9.17) is 4.52 Å². The molecule has 1 aromatic heterocycles. The van der Waals surface area contributed by atoms with E-state index in [0.29, 0.717) is 5.82 Å². The van der Waals surface area contributed by atoms with Crippen LogP contribution in [0.15, 0.2) is 16.7 Å². The third-order valence-corrected chi connectivity index (χ3v) is 3.54. The maximum absolute atomic E-state index is 13.2. The van der Waals surface area contributed by atoms with Crippen molar-refractivity contribution in [3.63, 3.8) is 0 Å². The van der Waals surface area contributed by atoms with E-state index in [1.54, 1.807) is 0 Å². The van der Waals surface area contributed by atoms with Crippen molar-refractivity contribution in [2.75, 3.05) is 6.54 Å². The maximum Gasteiger partial charge on any atom is 0.258 e. The number of benzene rings is 1. The van der Waals surface area contributed by atoms with Crippen molar-refractivity contribution in [3.05, 3.63) is 35.4 Å². The van der Waals surface area contributed by atoms with Gasteiger partial charge in [-0.25, -0.2) is 13.2 Å². The third-order valence-electron chi connectivity index (χ3n) is 3.54. The molecule has 1 saturated heterocycles. The lowest BCUT2D eigenvalue weighted by molar-refractivity contribution is 0.401. The molecule has 1 N–H and O–H groups in total. The van der Waals surface area contributed by atoms with Gasteiger partial charge in [0.1, 0.15) is 0 Å². The van der Waals surface area contributed by atoms with Crippen LogP contribution >= 0.6 is 0 Å². The van der Waals surface area contributed by atoms with Gasteiger partial charge in [-0.1, -0.05) is 18.0 Å². The molecule has 1 aromatic carbocycles. The minimum Gasteiger partial charge on any atom is -0.334 e. The lowest BCUT2D eigenvalue weighted by Crippen LogP contribution is -2.21. The summed E-state index contributed by atoms with van der Waals surface area (Å²) in [6.45, 7) is 0.869. The molecule has 4 nitrogen and oxygen atoms in total. The molecule has 0 saturated carbocycles. The smallest absolute Gasteiger partial charge is 0.258 e. The predicted molar refractivity (Wildman–Crippen MR) is 68.8 cm³/mol. The zero-order chi connectivity index (χ0) is 14.8. The molecule has 3 rings (SSSR count). The first-order valence-electron chi connectivity index (χ1n) is 6.87. The second kappa shape index (κ2) is 5.85. The van der Waals surface area contributed by atoms with Crippen LogP contribution in [-0.2, 0) is 0 Å². The summed E-state index contributed by atoms with van der Waals surface area (Å²) < 4.78 is 44.4. The molecule has 21 heavy (non-hydrogen) atoms. The highest BCUT2D eigenvalue weighted by Gasteiger charge is 2.21. The third kappa shape index (κ3) is 2.92. The van der Waals surface area contributed by atoms with E-state index >= 15 is 0 Å². The lowest BCUT2D eigenvalue weighted by Gasteiger charge is -2.09. The van der Waals surface area contributed by atoms with Crippen molar-refractivity contribution in [2.45, 2.75) is 31.7 Å². The number of hydrogen-bond donors (Lipinski definition) is 1. The van der Waals surface area contributed by atoms with Gasteiger partial charge in [-0.15, -0.1) is 0 Å². The Morgan fingerprint density at radius 2 is 1.86 bits per heavy atom. The molecule has 1 unspecified atom stereocenters. The van der Waals surface area contributed by atoms with E-state index in [1.807, 2.05) is 0 Å². The van der Waals surface area contributed by atoms with Crippen LogP contribution in [0.2, 0.25) is 0 Å². The monoisotopic (exact) mass is 297 g/mol. The Bertz CT molecular complexity index is 613. The second-order valence-electron chi connectivity index (χ2n) is 5.07. The van der Waals surface area contributed by atoms with Gasteiger partial charge in [0, 0.05) is 5.56 Å². The summed E-state index contributed by atoms with van der Waals surface area (Å²) in [7, 11) is 0. The van der Waals surface area contributed by atoms with Gasteiger partial charge in [-0.3, -0.25) is 0 Å². The molecule has 112 valence electrons. The van der Waals surface area contributed by atoms with Gasteiger partial charge in [0.2, 0.25) is 0 Å². The summed E-state index contributed by atoms with van der Waals surface area (Å²) in [5.74, 6) is -3.63. The molecule has 0 aliphatic carbocycles. The fourth-order valence-electron chi connectivity index (χ4n) is 2.42. The van der Waals surface area contributed by atoms with Crippen LogP contribution in [0, 0.1) is 17.5 Å². The molecular formula is C14H14F3N3O. The van der Waals surface area contributed by atoms with Crippen LogP contribution in [0.1, 0.15) is 37.5 Å². The van der Waals surface area contributed by atoms with E-state index in [2.05, 4.69) is 15.5 Å². The van der Waals surface area contributed by atoms with Crippen LogP contribution in [-0.4, -0.2) is 16.7 Å². The molecule has 2 aromatic rings. The first-order chi connectivity index (χ1) is 10.1. The summed E-state index contributed by atoms with van der Waals surface area (Å²) in [6.07, 6.45) is 4.17.